The normalized spacial score (nSPS) is 17.7. The number of unbranched alkanes of at least 4 members (excludes halogenated alkanes) is 2. The van der Waals surface area contributed by atoms with Gasteiger partial charge < -0.3 is 10.0 Å². The van der Waals surface area contributed by atoms with E-state index in [-0.39, 0.29) is 11.9 Å². The molecular weight excluding hydrogens is 326 g/mol. The number of aryl methyl sites for hydroxylation is 1. The SMILES string of the molecule is CCCCC=CC=CC1CCC(=O)N1CCCc1ccc(C(=O)O)cc1. The molecule has 4 nitrogen and oxygen atoms in total. The number of nitrogens with zero attached hydrogens (tertiary/aromatic N) is 1. The fourth-order valence-corrected chi connectivity index (χ4v) is 3.20. The highest BCUT2D eigenvalue weighted by Gasteiger charge is 2.28. The first kappa shape index (κ1) is 20.0. The van der Waals surface area contributed by atoms with E-state index in [1.165, 1.54) is 12.8 Å². The predicted octanol–water partition coefficient (Wildman–Crippen LogP) is 4.61. The van der Waals surface area contributed by atoms with Gasteiger partial charge in [0.2, 0.25) is 5.91 Å². The van der Waals surface area contributed by atoms with E-state index in [4.69, 9.17) is 5.11 Å². The van der Waals surface area contributed by atoms with Gasteiger partial charge in [-0.1, -0.05) is 56.2 Å². The molecule has 1 unspecified atom stereocenters. The van der Waals surface area contributed by atoms with Gasteiger partial charge in [0.15, 0.2) is 0 Å². The molecule has 1 aliphatic rings. The molecule has 1 amide bonds. The third kappa shape index (κ3) is 6.17. The van der Waals surface area contributed by atoms with Gasteiger partial charge in [0.1, 0.15) is 0 Å². The van der Waals surface area contributed by atoms with Crippen molar-refractivity contribution in [1.29, 1.82) is 0 Å². The van der Waals surface area contributed by atoms with Crippen LogP contribution in [-0.2, 0) is 11.2 Å². The van der Waals surface area contributed by atoms with Crippen LogP contribution in [0.5, 0.6) is 0 Å². The standard InChI is InChI=1S/C22H29NO3/c1-2-3-4-5-6-7-10-20-15-16-21(24)23(20)17-8-9-18-11-13-19(14-12-18)22(25)26/h5-7,10-14,20H,2-4,8-9,15-17H2,1H3,(H,25,26). The van der Waals surface area contributed by atoms with E-state index in [1.807, 2.05) is 17.0 Å². The number of aromatic carboxylic acids is 1. The van der Waals surface area contributed by atoms with Crippen molar-refractivity contribution in [2.24, 2.45) is 0 Å². The van der Waals surface area contributed by atoms with Gasteiger partial charge in [-0.25, -0.2) is 4.79 Å². The van der Waals surface area contributed by atoms with E-state index in [0.29, 0.717) is 12.0 Å². The summed E-state index contributed by atoms with van der Waals surface area (Å²) in [5.74, 6) is -0.673. The van der Waals surface area contributed by atoms with Crippen LogP contribution in [0.2, 0.25) is 0 Å². The summed E-state index contributed by atoms with van der Waals surface area (Å²) < 4.78 is 0. The summed E-state index contributed by atoms with van der Waals surface area (Å²) in [7, 11) is 0. The third-order valence-corrected chi connectivity index (χ3v) is 4.74. The van der Waals surface area contributed by atoms with Crippen molar-refractivity contribution in [3.05, 3.63) is 59.7 Å². The summed E-state index contributed by atoms with van der Waals surface area (Å²) in [4.78, 5) is 25.0. The minimum atomic E-state index is -0.905. The first-order valence-electron chi connectivity index (χ1n) is 9.57. The van der Waals surface area contributed by atoms with Crippen molar-refractivity contribution in [3.8, 4) is 0 Å². The minimum absolute atomic E-state index is 0.202. The van der Waals surface area contributed by atoms with Crippen LogP contribution in [0, 0.1) is 0 Å². The van der Waals surface area contributed by atoms with E-state index in [9.17, 15) is 9.59 Å². The molecule has 0 aromatic heterocycles. The lowest BCUT2D eigenvalue weighted by Crippen LogP contribution is -2.32. The van der Waals surface area contributed by atoms with Gasteiger partial charge in [0, 0.05) is 13.0 Å². The molecule has 140 valence electrons. The van der Waals surface area contributed by atoms with Gasteiger partial charge >= 0.3 is 5.97 Å². The van der Waals surface area contributed by atoms with Gasteiger partial charge in [-0.15, -0.1) is 0 Å². The van der Waals surface area contributed by atoms with Crippen LogP contribution in [0.25, 0.3) is 0 Å². The molecule has 2 rings (SSSR count). The van der Waals surface area contributed by atoms with Crippen LogP contribution >= 0.6 is 0 Å². The van der Waals surface area contributed by atoms with Gasteiger partial charge in [-0.3, -0.25) is 4.79 Å². The van der Waals surface area contributed by atoms with Gasteiger partial charge in [-0.05, 0) is 43.4 Å². The Balaban J connectivity index is 1.80. The number of carboxylic acids is 1. The van der Waals surface area contributed by atoms with E-state index in [2.05, 4.69) is 31.2 Å². The van der Waals surface area contributed by atoms with Crippen molar-refractivity contribution in [2.45, 2.75) is 57.9 Å². The summed E-state index contributed by atoms with van der Waals surface area (Å²) in [6, 6.07) is 7.18. The smallest absolute Gasteiger partial charge is 0.335 e. The predicted molar refractivity (Wildman–Crippen MR) is 104 cm³/mol. The molecule has 0 bridgehead atoms. The first-order chi connectivity index (χ1) is 12.6. The number of carbonyl (C=O) groups is 2. The quantitative estimate of drug-likeness (QED) is 0.492. The molecule has 1 heterocycles. The Morgan fingerprint density at radius 2 is 2.00 bits per heavy atom. The number of hydrogen-bond acceptors (Lipinski definition) is 2. The second-order valence-corrected chi connectivity index (χ2v) is 6.75. The number of carbonyl (C=O) groups excluding carboxylic acids is 1. The molecule has 26 heavy (non-hydrogen) atoms. The Hall–Kier alpha value is -2.36. The highest BCUT2D eigenvalue weighted by Crippen LogP contribution is 2.20. The Morgan fingerprint density at radius 1 is 1.23 bits per heavy atom. The monoisotopic (exact) mass is 355 g/mol. The Bertz CT molecular complexity index is 646. The summed E-state index contributed by atoms with van der Waals surface area (Å²) in [6.45, 7) is 2.93. The lowest BCUT2D eigenvalue weighted by molar-refractivity contribution is -0.128. The number of amides is 1. The minimum Gasteiger partial charge on any atom is -0.478 e. The summed E-state index contributed by atoms with van der Waals surface area (Å²) in [5, 5.41) is 8.93. The van der Waals surface area contributed by atoms with Gasteiger partial charge in [-0.2, -0.15) is 0 Å². The molecule has 1 aromatic carbocycles. The second kappa shape index (κ2) is 10.6. The van der Waals surface area contributed by atoms with Crippen LogP contribution in [0.1, 0.15) is 61.4 Å². The Morgan fingerprint density at radius 3 is 2.69 bits per heavy atom. The van der Waals surface area contributed by atoms with Gasteiger partial charge in [0.05, 0.1) is 11.6 Å². The molecule has 0 saturated carbocycles. The zero-order valence-electron chi connectivity index (χ0n) is 15.6. The molecule has 1 fully saturated rings. The average molecular weight is 355 g/mol. The largest absolute Gasteiger partial charge is 0.478 e. The highest BCUT2D eigenvalue weighted by molar-refractivity contribution is 5.87. The zero-order chi connectivity index (χ0) is 18.8. The number of allylic oxidation sites excluding steroid dienone is 3. The second-order valence-electron chi connectivity index (χ2n) is 6.75. The first-order valence-corrected chi connectivity index (χ1v) is 9.57. The Kier molecular flexibility index (Phi) is 8.13. The van der Waals surface area contributed by atoms with E-state index < -0.39 is 5.97 Å². The summed E-state index contributed by atoms with van der Waals surface area (Å²) >= 11 is 0. The van der Waals surface area contributed by atoms with E-state index in [1.54, 1.807) is 12.1 Å². The van der Waals surface area contributed by atoms with Crippen LogP contribution in [0.15, 0.2) is 48.6 Å². The van der Waals surface area contributed by atoms with Crippen molar-refractivity contribution in [2.75, 3.05) is 6.54 Å². The molecule has 0 aliphatic carbocycles. The maximum atomic E-state index is 12.1. The summed E-state index contributed by atoms with van der Waals surface area (Å²) in [6.07, 6.45) is 15.2. The van der Waals surface area contributed by atoms with Crippen LogP contribution in [-0.4, -0.2) is 34.5 Å². The van der Waals surface area contributed by atoms with Crippen molar-refractivity contribution >= 4 is 11.9 Å². The molecule has 0 spiro atoms. The molecule has 1 aromatic rings. The maximum Gasteiger partial charge on any atom is 0.335 e. The summed E-state index contributed by atoms with van der Waals surface area (Å²) in [5.41, 5.74) is 1.41. The molecule has 0 radical (unpaired) electrons. The zero-order valence-corrected chi connectivity index (χ0v) is 15.6. The van der Waals surface area contributed by atoms with E-state index >= 15 is 0 Å². The lowest BCUT2D eigenvalue weighted by atomic mass is 10.1. The van der Waals surface area contributed by atoms with Crippen LogP contribution in [0.4, 0.5) is 0 Å². The number of rotatable bonds is 10. The third-order valence-electron chi connectivity index (χ3n) is 4.74. The fraction of sp³-hybridized carbons (Fsp3) is 0.455. The molecule has 1 N–H and O–H groups in total. The number of likely N-dealkylation sites (tertiary alicyclic amines) is 1. The average Bonchev–Trinajstić information content (AvgIpc) is 2.98. The Labute approximate surface area is 156 Å². The van der Waals surface area contributed by atoms with Crippen LogP contribution in [0.3, 0.4) is 0 Å². The van der Waals surface area contributed by atoms with Gasteiger partial charge in [0.25, 0.3) is 0 Å². The molecular formula is C22H29NO3. The molecule has 1 aliphatic heterocycles. The van der Waals surface area contributed by atoms with Crippen molar-refractivity contribution in [3.63, 3.8) is 0 Å². The topological polar surface area (TPSA) is 57.6 Å². The highest BCUT2D eigenvalue weighted by atomic mass is 16.4. The fourth-order valence-electron chi connectivity index (χ4n) is 3.20. The number of benzene rings is 1. The lowest BCUT2D eigenvalue weighted by Gasteiger charge is -2.22. The van der Waals surface area contributed by atoms with Crippen molar-refractivity contribution in [1.82, 2.24) is 4.90 Å². The number of hydrogen-bond donors (Lipinski definition) is 1. The number of carboxylic acid groups (broad SMARTS) is 1. The van der Waals surface area contributed by atoms with Crippen molar-refractivity contribution < 1.29 is 14.7 Å². The van der Waals surface area contributed by atoms with Crippen LogP contribution < -0.4 is 0 Å². The maximum absolute atomic E-state index is 12.1. The van der Waals surface area contributed by atoms with E-state index in [0.717, 1.165) is 37.8 Å². The molecule has 1 atom stereocenters. The molecule has 1 saturated heterocycles. The molecule has 4 heteroatoms.